The van der Waals surface area contributed by atoms with Crippen molar-refractivity contribution in [3.05, 3.63) is 120 Å². The molecular weight excluding hydrogens is 552 g/mol. The highest BCUT2D eigenvalue weighted by Crippen LogP contribution is 2.45. The molecule has 4 aromatic rings. The van der Waals surface area contributed by atoms with Crippen LogP contribution in [0.3, 0.4) is 0 Å². The summed E-state index contributed by atoms with van der Waals surface area (Å²) in [6.07, 6.45) is 17.5. The third kappa shape index (κ3) is 4.29. The minimum Gasteiger partial charge on any atom is -0.489 e. The van der Waals surface area contributed by atoms with Crippen molar-refractivity contribution in [3.63, 3.8) is 0 Å². The van der Waals surface area contributed by atoms with Crippen molar-refractivity contribution >= 4 is 0 Å². The summed E-state index contributed by atoms with van der Waals surface area (Å²) < 4.78 is 20.5. The Morgan fingerprint density at radius 2 is 0.756 bits per heavy atom. The molecule has 0 bridgehead atoms. The largest absolute Gasteiger partial charge is 0.489 e. The predicted molar refractivity (Wildman–Crippen MR) is 177 cm³/mol. The second kappa shape index (κ2) is 10.4. The lowest BCUT2D eigenvalue weighted by molar-refractivity contribution is 0.293. The molecule has 4 aromatic carbocycles. The third-order valence-electron chi connectivity index (χ3n) is 12.0. The molecule has 0 unspecified atom stereocenters. The van der Waals surface area contributed by atoms with Crippen LogP contribution >= 0.6 is 0 Å². The van der Waals surface area contributed by atoms with Crippen molar-refractivity contribution < 1.29 is 14.2 Å². The van der Waals surface area contributed by atoms with Gasteiger partial charge in [-0.2, -0.15) is 0 Å². The van der Waals surface area contributed by atoms with Crippen molar-refractivity contribution in [2.45, 2.75) is 116 Å². The van der Waals surface area contributed by atoms with Gasteiger partial charge >= 0.3 is 0 Å². The number of benzene rings is 4. The topological polar surface area (TPSA) is 27.7 Å². The number of aryl methyl sites for hydroxylation is 5. The standard InChI is InChI=1S/C42H42O3/c1-3-10-28-20-40-31(15-26(28)8-1)18-35-37(22-43-40)34-17-30-14-13-25-7-5-6-12-33(25)42(30)45-24-39(34)36-19-32-16-27-9-2-4-11-29(27)21-41(32)44-23-38(35)36/h13-16,20-21H,1-12,17-19,22-24H2. The Bertz CT molecular complexity index is 1890. The van der Waals surface area contributed by atoms with Crippen LogP contribution in [0.1, 0.15) is 122 Å². The molecule has 0 saturated heterocycles. The molecule has 0 spiro atoms. The quantitative estimate of drug-likeness (QED) is 0.204. The maximum atomic E-state index is 6.93. The Morgan fingerprint density at radius 3 is 1.31 bits per heavy atom. The van der Waals surface area contributed by atoms with Gasteiger partial charge in [0.2, 0.25) is 0 Å². The zero-order chi connectivity index (χ0) is 29.5. The van der Waals surface area contributed by atoms with Gasteiger partial charge in [0, 0.05) is 19.3 Å². The fourth-order valence-corrected chi connectivity index (χ4v) is 9.61. The first-order valence-electron chi connectivity index (χ1n) is 17.8. The molecule has 10 rings (SSSR count). The molecule has 3 nitrogen and oxygen atoms in total. The average molecular weight is 595 g/mol. The fraction of sp³-hybridized carbons (Fsp3) is 0.429. The normalized spacial score (nSPS) is 18.9. The van der Waals surface area contributed by atoms with Gasteiger partial charge in [-0.15, -0.1) is 0 Å². The van der Waals surface area contributed by atoms with E-state index in [0.717, 1.165) is 37.2 Å². The molecular formula is C42H42O3. The summed E-state index contributed by atoms with van der Waals surface area (Å²) in [5.74, 6) is 3.37. The van der Waals surface area contributed by atoms with Crippen molar-refractivity contribution in [1.82, 2.24) is 0 Å². The van der Waals surface area contributed by atoms with E-state index in [4.69, 9.17) is 14.2 Å². The van der Waals surface area contributed by atoms with Gasteiger partial charge in [0.25, 0.3) is 0 Å². The molecule has 3 heterocycles. The Hall–Kier alpha value is -3.72. The second-order valence-corrected chi connectivity index (χ2v) is 14.5. The van der Waals surface area contributed by atoms with Crippen LogP contribution in [-0.4, -0.2) is 0 Å². The molecule has 3 heteroatoms. The van der Waals surface area contributed by atoms with Crippen LogP contribution in [0.15, 0.2) is 36.4 Å². The van der Waals surface area contributed by atoms with Gasteiger partial charge in [0.15, 0.2) is 0 Å². The molecule has 0 atom stereocenters. The van der Waals surface area contributed by atoms with E-state index in [0.29, 0.717) is 19.8 Å². The maximum absolute atomic E-state index is 6.93. The lowest BCUT2D eigenvalue weighted by Gasteiger charge is -2.23. The zero-order valence-electron chi connectivity index (χ0n) is 26.4. The van der Waals surface area contributed by atoms with E-state index in [1.807, 2.05) is 0 Å². The van der Waals surface area contributed by atoms with Crippen LogP contribution in [0.4, 0.5) is 0 Å². The van der Waals surface area contributed by atoms with Crippen LogP contribution in [0.25, 0.3) is 0 Å². The van der Waals surface area contributed by atoms with E-state index in [-0.39, 0.29) is 0 Å². The summed E-state index contributed by atoms with van der Waals surface area (Å²) >= 11 is 0. The highest BCUT2D eigenvalue weighted by molar-refractivity contribution is 5.62. The first-order valence-corrected chi connectivity index (χ1v) is 17.8. The van der Waals surface area contributed by atoms with E-state index >= 15 is 0 Å². The number of fused-ring (bicyclic) bond motifs is 13. The average Bonchev–Trinajstić information content (AvgIpc) is 3.47. The Balaban J connectivity index is 1.16. The highest BCUT2D eigenvalue weighted by Gasteiger charge is 2.33. The summed E-state index contributed by atoms with van der Waals surface area (Å²) in [4.78, 5) is 0. The summed E-state index contributed by atoms with van der Waals surface area (Å²) in [7, 11) is 0. The molecule has 0 amide bonds. The Morgan fingerprint density at radius 1 is 0.333 bits per heavy atom. The van der Waals surface area contributed by atoms with E-state index < -0.39 is 0 Å². The smallest absolute Gasteiger partial charge is 0.126 e. The van der Waals surface area contributed by atoms with Crippen LogP contribution in [0.5, 0.6) is 17.2 Å². The summed E-state index contributed by atoms with van der Waals surface area (Å²) in [6.45, 7) is 1.88. The van der Waals surface area contributed by atoms with Crippen LogP contribution in [-0.2, 0) is 77.6 Å². The van der Waals surface area contributed by atoms with Crippen molar-refractivity contribution in [2.24, 2.45) is 0 Å². The van der Waals surface area contributed by atoms with E-state index in [2.05, 4.69) is 36.4 Å². The molecule has 6 aliphatic rings. The molecule has 0 fully saturated rings. The van der Waals surface area contributed by atoms with Crippen LogP contribution in [0.2, 0.25) is 0 Å². The Labute approximate surface area is 266 Å². The molecule has 0 N–H and O–H groups in total. The van der Waals surface area contributed by atoms with Crippen molar-refractivity contribution in [2.75, 3.05) is 0 Å². The molecule has 45 heavy (non-hydrogen) atoms. The summed E-state index contributed by atoms with van der Waals surface area (Å²) in [5, 5.41) is 0. The minimum atomic E-state index is 0.623. The third-order valence-corrected chi connectivity index (χ3v) is 12.0. The van der Waals surface area contributed by atoms with Crippen molar-refractivity contribution in [3.8, 4) is 17.2 Å². The summed E-state index contributed by atoms with van der Waals surface area (Å²) in [6, 6.07) is 14.5. The first kappa shape index (κ1) is 26.5. The maximum Gasteiger partial charge on any atom is 0.126 e. The van der Waals surface area contributed by atoms with Gasteiger partial charge in [-0.1, -0.05) is 24.3 Å². The fourth-order valence-electron chi connectivity index (χ4n) is 9.61. The number of rotatable bonds is 0. The summed E-state index contributed by atoms with van der Waals surface area (Å²) in [5.41, 5.74) is 21.7. The zero-order valence-corrected chi connectivity index (χ0v) is 26.4. The lowest BCUT2D eigenvalue weighted by atomic mass is 9.80. The van der Waals surface area contributed by atoms with Crippen molar-refractivity contribution in [1.29, 1.82) is 0 Å². The monoisotopic (exact) mass is 594 g/mol. The van der Waals surface area contributed by atoms with E-state index in [9.17, 15) is 0 Å². The Kier molecular flexibility index (Phi) is 6.13. The number of hydrogen-bond acceptors (Lipinski definition) is 3. The molecule has 228 valence electrons. The molecule has 0 saturated carbocycles. The molecule has 0 radical (unpaired) electrons. The van der Waals surface area contributed by atoms with Gasteiger partial charge < -0.3 is 14.2 Å². The van der Waals surface area contributed by atoms with E-state index in [1.54, 1.807) is 0 Å². The van der Waals surface area contributed by atoms with Crippen LogP contribution in [0, 0.1) is 0 Å². The van der Waals surface area contributed by atoms with Gasteiger partial charge in [-0.05, 0) is 173 Å². The van der Waals surface area contributed by atoms with E-state index in [1.165, 1.54) is 160 Å². The lowest BCUT2D eigenvalue weighted by Crippen LogP contribution is -2.15. The molecule has 0 aromatic heterocycles. The van der Waals surface area contributed by atoms with Gasteiger partial charge in [0.1, 0.15) is 37.1 Å². The second-order valence-electron chi connectivity index (χ2n) is 14.5. The number of hydrogen-bond donors (Lipinski definition) is 0. The highest BCUT2D eigenvalue weighted by atomic mass is 16.5. The first-order chi connectivity index (χ1) is 22.3. The van der Waals surface area contributed by atoms with Crippen LogP contribution < -0.4 is 14.2 Å². The molecule has 3 aliphatic heterocycles. The molecule has 3 aliphatic carbocycles. The predicted octanol–water partition coefficient (Wildman–Crippen LogP) is 8.77. The van der Waals surface area contributed by atoms with Gasteiger partial charge in [-0.3, -0.25) is 0 Å². The van der Waals surface area contributed by atoms with Gasteiger partial charge in [-0.25, -0.2) is 0 Å². The van der Waals surface area contributed by atoms with Gasteiger partial charge in [0.05, 0.1) is 0 Å². The SMILES string of the molecule is c1c2c(cc3c1Cc1c4c(c5c(c1CO3)Cc1ccc3c(c1OC5)CCCC3)Cc1cc3c(cc1OC4)CCCC3)CCCC2. The number of ether oxygens (including phenoxy) is 3. The minimum absolute atomic E-state index is 0.623.